The molecule has 0 unspecified atom stereocenters. The highest BCUT2D eigenvalue weighted by molar-refractivity contribution is 7.09. The molecule has 1 aromatic rings. The highest BCUT2D eigenvalue weighted by Gasteiger charge is 2.25. The zero-order chi connectivity index (χ0) is 16.9. The van der Waals surface area contributed by atoms with E-state index in [2.05, 4.69) is 15.3 Å². The monoisotopic (exact) mass is 350 g/mol. The van der Waals surface area contributed by atoms with Crippen LogP contribution in [-0.4, -0.2) is 70.8 Å². The zero-order valence-corrected chi connectivity index (χ0v) is 15.2. The molecule has 2 amide bonds. The van der Waals surface area contributed by atoms with Gasteiger partial charge in [0, 0.05) is 51.1 Å². The Morgan fingerprint density at radius 2 is 1.96 bits per heavy atom. The van der Waals surface area contributed by atoms with Crippen LogP contribution in [0.15, 0.2) is 5.38 Å². The first-order valence-corrected chi connectivity index (χ1v) is 9.69. The van der Waals surface area contributed by atoms with Crippen LogP contribution in [0.5, 0.6) is 0 Å². The fourth-order valence-electron chi connectivity index (χ4n) is 3.33. The Kier molecular flexibility index (Phi) is 5.84. The van der Waals surface area contributed by atoms with Crippen molar-refractivity contribution in [3.8, 4) is 0 Å². The first-order valence-electron chi connectivity index (χ1n) is 8.81. The largest absolute Gasteiger partial charge is 0.339 e. The Morgan fingerprint density at radius 3 is 2.67 bits per heavy atom. The molecule has 6 nitrogen and oxygen atoms in total. The van der Waals surface area contributed by atoms with Gasteiger partial charge in [0.1, 0.15) is 0 Å². The van der Waals surface area contributed by atoms with Gasteiger partial charge in [-0.05, 0) is 19.8 Å². The molecule has 24 heavy (non-hydrogen) atoms. The minimum absolute atomic E-state index is 0.0920. The molecule has 0 saturated carbocycles. The zero-order valence-electron chi connectivity index (χ0n) is 14.4. The lowest BCUT2D eigenvalue weighted by Gasteiger charge is -2.35. The number of hydrogen-bond donors (Lipinski definition) is 0. The molecule has 2 aliphatic rings. The van der Waals surface area contributed by atoms with Gasteiger partial charge in [-0.2, -0.15) is 0 Å². The van der Waals surface area contributed by atoms with E-state index in [1.54, 1.807) is 16.2 Å². The first kappa shape index (κ1) is 17.4. The highest BCUT2D eigenvalue weighted by Crippen LogP contribution is 2.14. The van der Waals surface area contributed by atoms with Gasteiger partial charge in [-0.25, -0.2) is 4.98 Å². The standard InChI is InChI=1S/C17H26N4O2S/c1-14-18-15(13-24-14)11-19-7-9-20(10-8-19)17(23)12-21-6-4-2-3-5-16(21)22/h13H,2-12H2,1H3. The molecule has 132 valence electrons. The Hall–Kier alpha value is -1.47. The van der Waals surface area contributed by atoms with Crippen molar-refractivity contribution in [1.82, 2.24) is 19.7 Å². The van der Waals surface area contributed by atoms with E-state index in [1.165, 1.54) is 0 Å². The van der Waals surface area contributed by atoms with E-state index in [1.807, 2.05) is 11.8 Å². The number of aromatic nitrogens is 1. The molecule has 3 rings (SSSR count). The molecule has 2 fully saturated rings. The van der Waals surface area contributed by atoms with Crippen molar-refractivity contribution in [2.75, 3.05) is 39.3 Å². The van der Waals surface area contributed by atoms with Gasteiger partial charge in [-0.1, -0.05) is 6.42 Å². The summed E-state index contributed by atoms with van der Waals surface area (Å²) in [6.07, 6.45) is 3.65. The summed E-state index contributed by atoms with van der Waals surface area (Å²) < 4.78 is 0. The van der Waals surface area contributed by atoms with E-state index in [9.17, 15) is 9.59 Å². The number of aryl methyl sites for hydroxylation is 1. The van der Waals surface area contributed by atoms with E-state index >= 15 is 0 Å². The Balaban J connectivity index is 1.45. The maximum Gasteiger partial charge on any atom is 0.242 e. The van der Waals surface area contributed by atoms with Crippen molar-refractivity contribution in [2.45, 2.75) is 39.2 Å². The molecule has 0 atom stereocenters. The summed E-state index contributed by atoms with van der Waals surface area (Å²) in [4.78, 5) is 35.0. The SMILES string of the molecule is Cc1nc(CN2CCN(C(=O)CN3CCCCCC3=O)CC2)cs1. The molecular weight excluding hydrogens is 324 g/mol. The molecule has 0 aliphatic carbocycles. The van der Waals surface area contributed by atoms with Crippen molar-refractivity contribution in [2.24, 2.45) is 0 Å². The molecule has 0 N–H and O–H groups in total. The van der Waals surface area contributed by atoms with Crippen LogP contribution >= 0.6 is 11.3 Å². The summed E-state index contributed by atoms with van der Waals surface area (Å²) >= 11 is 1.68. The number of thiazole rings is 1. The van der Waals surface area contributed by atoms with Gasteiger partial charge in [0.15, 0.2) is 0 Å². The van der Waals surface area contributed by atoms with Crippen molar-refractivity contribution >= 4 is 23.2 Å². The number of carbonyl (C=O) groups excluding carboxylic acids is 2. The summed E-state index contributed by atoms with van der Waals surface area (Å²) in [6, 6.07) is 0. The molecule has 3 heterocycles. The minimum Gasteiger partial charge on any atom is -0.339 e. The fourth-order valence-corrected chi connectivity index (χ4v) is 3.94. The normalized spacial score (nSPS) is 20.3. The van der Waals surface area contributed by atoms with Gasteiger partial charge < -0.3 is 9.80 Å². The van der Waals surface area contributed by atoms with Crippen molar-refractivity contribution in [3.63, 3.8) is 0 Å². The second kappa shape index (κ2) is 8.07. The number of nitrogens with zero attached hydrogens (tertiary/aromatic N) is 4. The fraction of sp³-hybridized carbons (Fsp3) is 0.706. The smallest absolute Gasteiger partial charge is 0.242 e. The van der Waals surface area contributed by atoms with E-state index in [-0.39, 0.29) is 18.4 Å². The third-order valence-electron chi connectivity index (χ3n) is 4.77. The van der Waals surface area contributed by atoms with Crippen molar-refractivity contribution < 1.29 is 9.59 Å². The third-order valence-corrected chi connectivity index (χ3v) is 5.60. The topological polar surface area (TPSA) is 56.8 Å². The van der Waals surface area contributed by atoms with Gasteiger partial charge in [0.25, 0.3) is 0 Å². The lowest BCUT2D eigenvalue weighted by atomic mass is 10.2. The van der Waals surface area contributed by atoms with Crippen molar-refractivity contribution in [3.05, 3.63) is 16.1 Å². The van der Waals surface area contributed by atoms with E-state index < -0.39 is 0 Å². The van der Waals surface area contributed by atoms with Crippen molar-refractivity contribution in [1.29, 1.82) is 0 Å². The average Bonchev–Trinajstić information content (AvgIpc) is 2.87. The number of hydrogen-bond acceptors (Lipinski definition) is 5. The van der Waals surface area contributed by atoms with Gasteiger partial charge >= 0.3 is 0 Å². The summed E-state index contributed by atoms with van der Waals surface area (Å²) in [5.41, 5.74) is 1.12. The van der Waals surface area contributed by atoms with Crippen LogP contribution in [0.2, 0.25) is 0 Å². The number of carbonyl (C=O) groups is 2. The highest BCUT2D eigenvalue weighted by atomic mass is 32.1. The summed E-state index contributed by atoms with van der Waals surface area (Å²) in [5.74, 6) is 0.229. The molecule has 0 aromatic carbocycles. The van der Waals surface area contributed by atoms with Crippen LogP contribution < -0.4 is 0 Å². The summed E-state index contributed by atoms with van der Waals surface area (Å²) in [5, 5.41) is 3.21. The Morgan fingerprint density at radius 1 is 1.17 bits per heavy atom. The predicted molar refractivity (Wildman–Crippen MR) is 93.8 cm³/mol. The molecule has 2 aliphatic heterocycles. The van der Waals surface area contributed by atoms with Crippen LogP contribution in [0.4, 0.5) is 0 Å². The molecule has 2 saturated heterocycles. The number of piperazine rings is 1. The lowest BCUT2D eigenvalue weighted by Crippen LogP contribution is -2.51. The maximum absolute atomic E-state index is 12.5. The molecule has 7 heteroatoms. The molecule has 0 radical (unpaired) electrons. The van der Waals surface area contributed by atoms with Crippen LogP contribution in [0, 0.1) is 6.92 Å². The predicted octanol–water partition coefficient (Wildman–Crippen LogP) is 1.50. The number of amides is 2. The van der Waals surface area contributed by atoms with Gasteiger partial charge in [0.2, 0.25) is 11.8 Å². The van der Waals surface area contributed by atoms with E-state index in [4.69, 9.17) is 0 Å². The van der Waals surface area contributed by atoms with Crippen LogP contribution in [-0.2, 0) is 16.1 Å². The maximum atomic E-state index is 12.5. The number of likely N-dealkylation sites (tertiary alicyclic amines) is 1. The van der Waals surface area contributed by atoms with Gasteiger partial charge in [-0.15, -0.1) is 11.3 Å². The van der Waals surface area contributed by atoms with Crippen LogP contribution in [0.25, 0.3) is 0 Å². The molecular formula is C17H26N4O2S. The Bertz CT molecular complexity index is 581. The minimum atomic E-state index is 0.0920. The lowest BCUT2D eigenvalue weighted by molar-refractivity contribution is -0.141. The summed E-state index contributed by atoms with van der Waals surface area (Å²) in [6.45, 7) is 7.09. The second-order valence-corrected chi connectivity index (χ2v) is 7.70. The molecule has 0 spiro atoms. The third kappa shape index (κ3) is 4.54. The average molecular weight is 350 g/mol. The molecule has 1 aromatic heterocycles. The first-order chi connectivity index (χ1) is 11.6. The van der Waals surface area contributed by atoms with E-state index in [0.29, 0.717) is 6.42 Å². The van der Waals surface area contributed by atoms with Gasteiger partial charge in [0.05, 0.1) is 17.2 Å². The van der Waals surface area contributed by atoms with Gasteiger partial charge in [-0.3, -0.25) is 14.5 Å². The molecule has 0 bridgehead atoms. The quantitative estimate of drug-likeness (QED) is 0.826. The van der Waals surface area contributed by atoms with Crippen LogP contribution in [0.1, 0.15) is 36.4 Å². The number of rotatable bonds is 4. The van der Waals surface area contributed by atoms with E-state index in [0.717, 1.165) is 69.2 Å². The summed E-state index contributed by atoms with van der Waals surface area (Å²) in [7, 11) is 0. The Labute approximate surface area is 147 Å². The second-order valence-electron chi connectivity index (χ2n) is 6.64. The van der Waals surface area contributed by atoms with Crippen LogP contribution in [0.3, 0.4) is 0 Å².